The number of aliphatic hydroxyl groups excluding tert-OH is 1. The molecule has 0 bridgehead atoms. The molecule has 0 aromatic rings. The molecule has 1 N–H and O–H groups in total. The van der Waals surface area contributed by atoms with Crippen LogP contribution in [0.15, 0.2) is 11.6 Å². The van der Waals surface area contributed by atoms with Gasteiger partial charge in [0.1, 0.15) is 0 Å². The van der Waals surface area contributed by atoms with Gasteiger partial charge in [0.15, 0.2) is 0 Å². The molecular weight excluding hydrogens is 164 g/mol. The zero-order chi connectivity index (χ0) is 9.52. The molecule has 0 saturated heterocycles. The summed E-state index contributed by atoms with van der Waals surface area (Å²) in [5.41, 5.74) is 1.18. The largest absolute Gasteiger partial charge is 0.392 e. The van der Waals surface area contributed by atoms with Crippen molar-refractivity contribution < 1.29 is 9.84 Å². The lowest BCUT2D eigenvalue weighted by Gasteiger charge is -2.13. The maximum atomic E-state index is 9.02. The Kier molecular flexibility index (Phi) is 5.09. The van der Waals surface area contributed by atoms with Crippen LogP contribution in [0.2, 0.25) is 0 Å². The maximum Gasteiger partial charge on any atom is 0.0645 e. The third-order valence-corrected chi connectivity index (χ3v) is 2.59. The topological polar surface area (TPSA) is 29.5 Å². The van der Waals surface area contributed by atoms with Crippen molar-refractivity contribution in [3.63, 3.8) is 0 Å². The van der Waals surface area contributed by atoms with Gasteiger partial charge in [-0.25, -0.2) is 0 Å². The molecule has 0 aromatic heterocycles. The Bertz CT molecular complexity index is 163. The highest BCUT2D eigenvalue weighted by Crippen LogP contribution is 2.25. The molecule has 1 rings (SSSR count). The van der Waals surface area contributed by atoms with Crippen LogP contribution in [0.25, 0.3) is 0 Å². The van der Waals surface area contributed by atoms with Gasteiger partial charge in [0.2, 0.25) is 0 Å². The van der Waals surface area contributed by atoms with Gasteiger partial charge in [-0.05, 0) is 24.8 Å². The van der Waals surface area contributed by atoms with Gasteiger partial charge in [-0.2, -0.15) is 0 Å². The molecule has 0 heterocycles. The van der Waals surface area contributed by atoms with Gasteiger partial charge in [0.05, 0.1) is 13.2 Å². The normalized spacial score (nSPS) is 22.0. The quantitative estimate of drug-likeness (QED) is 0.506. The molecule has 2 heteroatoms. The van der Waals surface area contributed by atoms with Crippen molar-refractivity contribution in [2.24, 2.45) is 5.92 Å². The van der Waals surface area contributed by atoms with Crippen molar-refractivity contribution in [1.29, 1.82) is 0 Å². The molecule has 1 atom stereocenters. The monoisotopic (exact) mass is 184 g/mol. The van der Waals surface area contributed by atoms with E-state index >= 15 is 0 Å². The zero-order valence-electron chi connectivity index (χ0n) is 8.46. The molecular formula is C11H20O2. The minimum Gasteiger partial charge on any atom is -0.392 e. The first-order valence-electron chi connectivity index (χ1n) is 5.26. The third kappa shape index (κ3) is 3.49. The first-order chi connectivity index (χ1) is 6.38. The minimum atomic E-state index is 0.210. The highest BCUT2D eigenvalue weighted by molar-refractivity contribution is 5.12. The Morgan fingerprint density at radius 1 is 1.62 bits per heavy atom. The fourth-order valence-corrected chi connectivity index (χ4v) is 1.68. The zero-order valence-corrected chi connectivity index (χ0v) is 8.46. The highest BCUT2D eigenvalue weighted by atomic mass is 16.5. The van der Waals surface area contributed by atoms with Gasteiger partial charge < -0.3 is 9.84 Å². The Morgan fingerprint density at radius 3 is 3.15 bits per heavy atom. The highest BCUT2D eigenvalue weighted by Gasteiger charge is 2.17. The molecule has 13 heavy (non-hydrogen) atoms. The summed E-state index contributed by atoms with van der Waals surface area (Å²) in [6.45, 7) is 4.04. The Hall–Kier alpha value is -0.340. The van der Waals surface area contributed by atoms with Crippen molar-refractivity contribution in [3.05, 3.63) is 11.6 Å². The minimum absolute atomic E-state index is 0.210. The first kappa shape index (κ1) is 10.7. The molecule has 1 aliphatic carbocycles. The summed E-state index contributed by atoms with van der Waals surface area (Å²) in [4.78, 5) is 0. The molecule has 0 radical (unpaired) electrons. The number of ether oxygens (including phenoxy) is 1. The van der Waals surface area contributed by atoms with Crippen molar-refractivity contribution in [2.75, 3.05) is 19.8 Å². The van der Waals surface area contributed by atoms with E-state index in [1.165, 1.54) is 12.0 Å². The van der Waals surface area contributed by atoms with Crippen LogP contribution in [0, 0.1) is 5.92 Å². The summed E-state index contributed by atoms with van der Waals surface area (Å²) in [6, 6.07) is 0. The van der Waals surface area contributed by atoms with E-state index in [-0.39, 0.29) is 6.61 Å². The Labute approximate surface area is 80.6 Å². The molecule has 2 nitrogen and oxygen atoms in total. The van der Waals surface area contributed by atoms with Crippen LogP contribution in [0.4, 0.5) is 0 Å². The van der Waals surface area contributed by atoms with Crippen LogP contribution in [0.5, 0.6) is 0 Å². The van der Waals surface area contributed by atoms with E-state index in [1.807, 2.05) is 0 Å². The second-order valence-corrected chi connectivity index (χ2v) is 3.64. The molecule has 1 aliphatic rings. The first-order valence-corrected chi connectivity index (χ1v) is 5.26. The van der Waals surface area contributed by atoms with Crippen LogP contribution in [0.1, 0.15) is 32.6 Å². The Balaban J connectivity index is 2.11. The summed E-state index contributed by atoms with van der Waals surface area (Å²) in [5, 5.41) is 9.02. The van der Waals surface area contributed by atoms with E-state index < -0.39 is 0 Å². The van der Waals surface area contributed by atoms with Crippen molar-refractivity contribution in [2.45, 2.75) is 32.6 Å². The van der Waals surface area contributed by atoms with Gasteiger partial charge in [-0.15, -0.1) is 0 Å². The van der Waals surface area contributed by atoms with Crippen LogP contribution >= 0.6 is 0 Å². The summed E-state index contributed by atoms with van der Waals surface area (Å²) in [7, 11) is 0. The second-order valence-electron chi connectivity index (χ2n) is 3.64. The summed E-state index contributed by atoms with van der Waals surface area (Å²) in [5.74, 6) is 0.488. The van der Waals surface area contributed by atoms with Gasteiger partial charge >= 0.3 is 0 Å². The SMILES string of the molecule is CCCCOC[C@@H]1CCC=C1CO. The number of hydrogen-bond donors (Lipinski definition) is 1. The van der Waals surface area contributed by atoms with E-state index in [1.54, 1.807) is 0 Å². The number of allylic oxidation sites excluding steroid dienone is 1. The lowest BCUT2D eigenvalue weighted by atomic mass is 10.0. The average molecular weight is 184 g/mol. The molecule has 0 aliphatic heterocycles. The van der Waals surface area contributed by atoms with E-state index in [0.29, 0.717) is 5.92 Å². The standard InChI is InChI=1S/C11H20O2/c1-2-3-7-13-9-11-6-4-5-10(11)8-12/h5,11-12H,2-4,6-9H2,1H3/t11-/m0/s1. The smallest absolute Gasteiger partial charge is 0.0645 e. The van der Waals surface area contributed by atoms with Gasteiger partial charge in [0.25, 0.3) is 0 Å². The van der Waals surface area contributed by atoms with Gasteiger partial charge in [-0.3, -0.25) is 0 Å². The van der Waals surface area contributed by atoms with E-state index in [0.717, 1.165) is 32.5 Å². The lowest BCUT2D eigenvalue weighted by molar-refractivity contribution is 0.104. The predicted octanol–water partition coefficient (Wildman–Crippen LogP) is 2.13. The van der Waals surface area contributed by atoms with E-state index in [2.05, 4.69) is 13.0 Å². The van der Waals surface area contributed by atoms with Crippen LogP contribution in [0.3, 0.4) is 0 Å². The average Bonchev–Trinajstić information content (AvgIpc) is 2.60. The van der Waals surface area contributed by atoms with Crippen LogP contribution in [-0.4, -0.2) is 24.9 Å². The molecule has 0 amide bonds. The molecule has 0 fully saturated rings. The third-order valence-electron chi connectivity index (χ3n) is 2.59. The van der Waals surface area contributed by atoms with Crippen molar-refractivity contribution in [1.82, 2.24) is 0 Å². The fraction of sp³-hybridized carbons (Fsp3) is 0.818. The summed E-state index contributed by atoms with van der Waals surface area (Å²) in [6.07, 6.45) is 6.74. The van der Waals surface area contributed by atoms with Crippen LogP contribution in [-0.2, 0) is 4.74 Å². The second kappa shape index (κ2) is 6.17. The fourth-order valence-electron chi connectivity index (χ4n) is 1.68. The molecule has 0 unspecified atom stereocenters. The maximum absolute atomic E-state index is 9.02. The molecule has 76 valence electrons. The van der Waals surface area contributed by atoms with Gasteiger partial charge in [-0.1, -0.05) is 19.4 Å². The van der Waals surface area contributed by atoms with Crippen LogP contribution < -0.4 is 0 Å². The van der Waals surface area contributed by atoms with Crippen molar-refractivity contribution >= 4 is 0 Å². The predicted molar refractivity (Wildman–Crippen MR) is 53.6 cm³/mol. The summed E-state index contributed by atoms with van der Waals surface area (Å²) < 4.78 is 5.54. The molecule has 0 aromatic carbocycles. The number of unbranched alkanes of at least 4 members (excludes halogenated alkanes) is 1. The Morgan fingerprint density at radius 2 is 2.46 bits per heavy atom. The number of hydrogen-bond acceptors (Lipinski definition) is 2. The van der Waals surface area contributed by atoms with Gasteiger partial charge in [0, 0.05) is 12.5 Å². The molecule has 0 spiro atoms. The van der Waals surface area contributed by atoms with E-state index in [9.17, 15) is 0 Å². The van der Waals surface area contributed by atoms with Crippen molar-refractivity contribution in [3.8, 4) is 0 Å². The number of aliphatic hydroxyl groups is 1. The number of rotatable bonds is 6. The summed E-state index contributed by atoms with van der Waals surface area (Å²) >= 11 is 0. The molecule has 0 saturated carbocycles. The lowest BCUT2D eigenvalue weighted by Crippen LogP contribution is -2.11. The van der Waals surface area contributed by atoms with E-state index in [4.69, 9.17) is 9.84 Å².